The summed E-state index contributed by atoms with van der Waals surface area (Å²) in [6.07, 6.45) is -0.0836. The highest BCUT2D eigenvalue weighted by atomic mass is 16.5. The number of hydrogen-bond donors (Lipinski definition) is 3. The second-order valence-electron chi connectivity index (χ2n) is 6.05. The number of fused-ring (bicyclic) bond motifs is 2. The fourth-order valence-corrected chi connectivity index (χ4v) is 3.38. The summed E-state index contributed by atoms with van der Waals surface area (Å²) in [5, 5.41) is 20.7. The number of benzene rings is 2. The molecule has 0 heterocycles. The van der Waals surface area contributed by atoms with Crippen molar-refractivity contribution in [2.24, 2.45) is 0 Å². The number of aromatic hydroxyl groups is 1. The lowest BCUT2D eigenvalue weighted by Gasteiger charge is -2.18. The third-order valence-corrected chi connectivity index (χ3v) is 4.50. The van der Waals surface area contributed by atoms with Gasteiger partial charge in [0.25, 0.3) is 0 Å². The van der Waals surface area contributed by atoms with Crippen molar-refractivity contribution in [3.05, 3.63) is 58.7 Å². The number of phenols is 1. The molecular weight excluding hydrogens is 306 g/mol. The second-order valence-corrected chi connectivity index (χ2v) is 6.05. The Bertz CT molecular complexity index is 772. The lowest BCUT2D eigenvalue weighted by molar-refractivity contribution is -0.143. The first-order chi connectivity index (χ1) is 11.5. The van der Waals surface area contributed by atoms with Crippen molar-refractivity contribution in [2.45, 2.75) is 31.8 Å². The van der Waals surface area contributed by atoms with Crippen molar-refractivity contribution < 1.29 is 19.7 Å². The van der Waals surface area contributed by atoms with E-state index in [4.69, 9.17) is 10.5 Å². The van der Waals surface area contributed by atoms with Crippen LogP contribution in [0, 0.1) is 0 Å². The topological polar surface area (TPSA) is 92.8 Å². The average Bonchev–Trinajstić information content (AvgIpc) is 2.66. The largest absolute Gasteiger partial charge is 0.506 e. The van der Waals surface area contributed by atoms with Gasteiger partial charge in [0.2, 0.25) is 0 Å². The number of hydrogen-bond acceptors (Lipinski definition) is 5. The van der Waals surface area contributed by atoms with E-state index in [0.29, 0.717) is 18.6 Å². The molecule has 0 aromatic heterocycles. The van der Waals surface area contributed by atoms with Gasteiger partial charge in [-0.25, -0.2) is 0 Å². The molecule has 0 amide bonds. The van der Waals surface area contributed by atoms with E-state index in [1.54, 1.807) is 13.0 Å². The van der Waals surface area contributed by atoms with Gasteiger partial charge in [0.15, 0.2) is 0 Å². The molecule has 4 N–H and O–H groups in total. The van der Waals surface area contributed by atoms with Crippen molar-refractivity contribution in [1.82, 2.24) is 0 Å². The zero-order valence-electron chi connectivity index (χ0n) is 13.5. The summed E-state index contributed by atoms with van der Waals surface area (Å²) in [4.78, 5) is 12.0. The number of nitrogens with two attached hydrogens (primary N) is 1. The molecule has 24 heavy (non-hydrogen) atoms. The van der Waals surface area contributed by atoms with Gasteiger partial charge >= 0.3 is 5.97 Å². The summed E-state index contributed by atoms with van der Waals surface area (Å²) >= 11 is 0. The minimum Gasteiger partial charge on any atom is -0.506 e. The highest BCUT2D eigenvalue weighted by Crippen LogP contribution is 2.41. The van der Waals surface area contributed by atoms with Crippen LogP contribution in [0.2, 0.25) is 0 Å². The van der Waals surface area contributed by atoms with E-state index >= 15 is 0 Å². The molecule has 2 aromatic carbocycles. The molecule has 0 saturated heterocycles. The normalized spacial score (nSPS) is 19.1. The van der Waals surface area contributed by atoms with Crippen molar-refractivity contribution in [3.8, 4) is 5.75 Å². The van der Waals surface area contributed by atoms with E-state index in [-0.39, 0.29) is 29.7 Å². The summed E-state index contributed by atoms with van der Waals surface area (Å²) in [5.41, 5.74) is 9.21. The third-order valence-electron chi connectivity index (χ3n) is 4.50. The number of aliphatic hydroxyl groups is 1. The first-order valence-electron chi connectivity index (χ1n) is 8.05. The summed E-state index contributed by atoms with van der Waals surface area (Å²) < 4.78 is 5.09. The highest BCUT2D eigenvalue weighted by Gasteiger charge is 2.29. The van der Waals surface area contributed by atoms with Gasteiger partial charge < -0.3 is 20.7 Å². The molecule has 0 spiro atoms. The van der Waals surface area contributed by atoms with Crippen molar-refractivity contribution >= 4 is 11.7 Å². The maximum Gasteiger partial charge on any atom is 0.306 e. The summed E-state index contributed by atoms with van der Waals surface area (Å²) in [7, 11) is 0. The van der Waals surface area contributed by atoms with Crippen LogP contribution in [0.3, 0.4) is 0 Å². The zero-order valence-corrected chi connectivity index (χ0v) is 13.5. The highest BCUT2D eigenvalue weighted by molar-refractivity contribution is 5.71. The Labute approximate surface area is 140 Å². The Morgan fingerprint density at radius 1 is 1.25 bits per heavy atom. The number of ether oxygens (including phenoxy) is 1. The van der Waals surface area contributed by atoms with E-state index in [1.807, 2.05) is 24.3 Å². The molecule has 5 heteroatoms. The van der Waals surface area contributed by atoms with Gasteiger partial charge in [-0.1, -0.05) is 24.3 Å². The first-order valence-corrected chi connectivity index (χ1v) is 8.05. The summed E-state index contributed by atoms with van der Waals surface area (Å²) in [5.74, 6) is -0.420. The Balaban J connectivity index is 2.09. The van der Waals surface area contributed by atoms with Crippen LogP contribution in [-0.2, 0) is 16.0 Å². The zero-order chi connectivity index (χ0) is 17.3. The lowest BCUT2D eigenvalue weighted by atomic mass is 9.88. The number of carbonyl (C=O) groups excluding carboxylic acids is 1. The number of aliphatic hydroxyl groups excluding tert-OH is 1. The van der Waals surface area contributed by atoms with Crippen LogP contribution in [0.15, 0.2) is 36.4 Å². The fraction of sp³-hybridized carbons (Fsp3) is 0.316. The molecule has 0 fully saturated rings. The third kappa shape index (κ3) is 2.95. The molecule has 1 aliphatic rings. The van der Waals surface area contributed by atoms with Gasteiger partial charge in [-0.05, 0) is 53.6 Å². The number of anilines is 1. The minimum atomic E-state index is -0.866. The Hall–Kier alpha value is -2.53. The molecule has 0 radical (unpaired) electrons. The van der Waals surface area contributed by atoms with E-state index in [9.17, 15) is 15.0 Å². The van der Waals surface area contributed by atoms with Crippen molar-refractivity contribution in [3.63, 3.8) is 0 Å². The van der Waals surface area contributed by atoms with Crippen molar-refractivity contribution in [2.75, 3.05) is 12.3 Å². The SMILES string of the molecule is CCOC(=O)C[C@H]1Cc2cc(N)c(O)cc2C(O)c2ccccc21. The van der Waals surface area contributed by atoms with Gasteiger partial charge in [-0.3, -0.25) is 4.79 Å². The molecular formula is C19H21NO4. The van der Waals surface area contributed by atoms with Gasteiger partial charge in [0, 0.05) is 0 Å². The molecule has 2 aromatic rings. The Morgan fingerprint density at radius 2 is 1.96 bits per heavy atom. The molecule has 0 bridgehead atoms. The monoisotopic (exact) mass is 327 g/mol. The second kappa shape index (κ2) is 6.53. The fourth-order valence-electron chi connectivity index (χ4n) is 3.38. The smallest absolute Gasteiger partial charge is 0.306 e. The van der Waals surface area contributed by atoms with Crippen LogP contribution >= 0.6 is 0 Å². The minimum absolute atomic E-state index is 0.0471. The number of esters is 1. The molecule has 1 unspecified atom stereocenters. The Morgan fingerprint density at radius 3 is 2.67 bits per heavy atom. The van der Waals surface area contributed by atoms with Gasteiger partial charge in [-0.15, -0.1) is 0 Å². The van der Waals surface area contributed by atoms with Gasteiger partial charge in [0.05, 0.1) is 18.7 Å². The lowest BCUT2D eigenvalue weighted by Crippen LogP contribution is -2.13. The maximum absolute atomic E-state index is 12.0. The van der Waals surface area contributed by atoms with Crippen LogP contribution < -0.4 is 5.73 Å². The predicted octanol–water partition coefficient (Wildman–Crippen LogP) is 2.65. The van der Waals surface area contributed by atoms with Gasteiger partial charge in [0.1, 0.15) is 11.9 Å². The van der Waals surface area contributed by atoms with Crippen LogP contribution in [0.5, 0.6) is 5.75 Å². The molecule has 5 nitrogen and oxygen atoms in total. The van der Waals surface area contributed by atoms with Crippen LogP contribution in [0.25, 0.3) is 0 Å². The van der Waals surface area contributed by atoms with Crippen LogP contribution in [-0.4, -0.2) is 22.8 Å². The number of carbonyl (C=O) groups is 1. The summed E-state index contributed by atoms with van der Waals surface area (Å²) in [6, 6.07) is 10.7. The molecule has 0 saturated carbocycles. The predicted molar refractivity (Wildman–Crippen MR) is 90.7 cm³/mol. The van der Waals surface area contributed by atoms with Crippen molar-refractivity contribution in [1.29, 1.82) is 0 Å². The van der Waals surface area contributed by atoms with E-state index in [0.717, 1.165) is 16.7 Å². The quantitative estimate of drug-likeness (QED) is 0.458. The van der Waals surface area contributed by atoms with Gasteiger partial charge in [-0.2, -0.15) is 0 Å². The average molecular weight is 327 g/mol. The van der Waals surface area contributed by atoms with E-state index < -0.39 is 6.10 Å². The molecule has 2 atom stereocenters. The number of rotatable bonds is 3. The maximum atomic E-state index is 12.0. The number of nitrogen functional groups attached to an aromatic ring is 1. The molecule has 1 aliphatic carbocycles. The molecule has 126 valence electrons. The molecule has 3 rings (SSSR count). The first kappa shape index (κ1) is 16.3. The molecule has 0 aliphatic heterocycles. The Kier molecular flexibility index (Phi) is 4.44. The number of phenolic OH excluding ortho intramolecular Hbond substituents is 1. The van der Waals surface area contributed by atoms with E-state index in [1.165, 1.54) is 6.07 Å². The summed E-state index contributed by atoms with van der Waals surface area (Å²) in [6.45, 7) is 2.12. The van der Waals surface area contributed by atoms with E-state index in [2.05, 4.69) is 0 Å². The van der Waals surface area contributed by atoms with Crippen LogP contribution in [0.4, 0.5) is 5.69 Å². The van der Waals surface area contributed by atoms with Crippen LogP contribution in [0.1, 0.15) is 47.6 Å². The standard InChI is InChI=1S/C19H21NO4/c1-2-24-18(22)9-12-7-11-8-16(20)17(21)10-15(11)19(23)14-6-4-3-5-13(12)14/h3-6,8,10,12,19,21,23H,2,7,9,20H2,1H3/t12-,19?/m1/s1.